The second-order valence-electron chi connectivity index (χ2n) is 7.20. The predicted octanol–water partition coefficient (Wildman–Crippen LogP) is 2.31. The van der Waals surface area contributed by atoms with Crippen molar-refractivity contribution in [3.8, 4) is 0 Å². The molecule has 30 heavy (non-hydrogen) atoms. The summed E-state index contributed by atoms with van der Waals surface area (Å²) in [6.07, 6.45) is 2.75. The van der Waals surface area contributed by atoms with E-state index in [1.807, 2.05) is 37.3 Å². The van der Waals surface area contributed by atoms with Crippen molar-refractivity contribution in [3.05, 3.63) is 59.5 Å². The van der Waals surface area contributed by atoms with Gasteiger partial charge < -0.3 is 19.9 Å². The van der Waals surface area contributed by atoms with E-state index in [4.69, 9.17) is 24.2 Å². The van der Waals surface area contributed by atoms with Gasteiger partial charge in [0.1, 0.15) is 11.5 Å². The zero-order chi connectivity index (χ0) is 21.9. The van der Waals surface area contributed by atoms with Crippen molar-refractivity contribution in [2.24, 2.45) is 5.92 Å². The molecule has 0 spiro atoms. The van der Waals surface area contributed by atoms with E-state index in [-0.39, 0.29) is 11.8 Å². The van der Waals surface area contributed by atoms with E-state index in [0.717, 1.165) is 50.4 Å². The Bertz CT molecular complexity index is 813. The number of aliphatic carboxylic acids is 2. The summed E-state index contributed by atoms with van der Waals surface area (Å²) in [6, 6.07) is 14.3. The minimum Gasteiger partial charge on any atom is -0.473 e. The van der Waals surface area contributed by atoms with Crippen LogP contribution < -0.4 is 5.32 Å². The van der Waals surface area contributed by atoms with E-state index >= 15 is 0 Å². The summed E-state index contributed by atoms with van der Waals surface area (Å²) in [6.45, 7) is 5.44. The predicted molar refractivity (Wildman–Crippen MR) is 110 cm³/mol. The topological polar surface area (TPSA) is 120 Å². The molecule has 0 unspecified atom stereocenters. The second-order valence-corrected chi connectivity index (χ2v) is 7.20. The highest BCUT2D eigenvalue weighted by molar-refractivity contribution is 6.27. The van der Waals surface area contributed by atoms with Crippen molar-refractivity contribution in [1.82, 2.24) is 10.2 Å². The number of rotatable bonds is 6. The Balaban J connectivity index is 0.000000469. The Morgan fingerprint density at radius 1 is 1.03 bits per heavy atom. The molecule has 1 amide bonds. The Hall–Kier alpha value is -3.13. The van der Waals surface area contributed by atoms with Crippen molar-refractivity contribution in [2.45, 2.75) is 32.7 Å². The third-order valence-corrected chi connectivity index (χ3v) is 4.87. The van der Waals surface area contributed by atoms with Crippen LogP contribution in [0.25, 0.3) is 0 Å². The number of piperidine rings is 1. The van der Waals surface area contributed by atoms with E-state index in [0.29, 0.717) is 6.54 Å². The SMILES string of the molecule is Cc1ccc(CN2CCC(C(=O)NCCc3ccccc3)CC2)o1.O=C(O)C(=O)O. The molecule has 1 aromatic heterocycles. The fourth-order valence-electron chi connectivity index (χ4n) is 3.26. The molecule has 3 N–H and O–H groups in total. The fraction of sp³-hybridized carbons (Fsp3) is 0.409. The van der Waals surface area contributed by atoms with Crippen LogP contribution in [-0.4, -0.2) is 52.6 Å². The number of carboxylic acid groups (broad SMARTS) is 2. The number of furan rings is 1. The van der Waals surface area contributed by atoms with E-state index in [2.05, 4.69) is 22.3 Å². The van der Waals surface area contributed by atoms with Crippen LogP contribution in [0.15, 0.2) is 46.9 Å². The average Bonchev–Trinajstić information content (AvgIpc) is 3.14. The fourth-order valence-corrected chi connectivity index (χ4v) is 3.26. The van der Waals surface area contributed by atoms with Crippen LogP contribution in [-0.2, 0) is 27.3 Å². The number of aryl methyl sites for hydroxylation is 1. The molecular formula is C22H28N2O6. The van der Waals surface area contributed by atoms with E-state index < -0.39 is 11.9 Å². The van der Waals surface area contributed by atoms with Crippen molar-refractivity contribution in [2.75, 3.05) is 19.6 Å². The molecule has 0 aliphatic carbocycles. The van der Waals surface area contributed by atoms with Gasteiger partial charge in [0.15, 0.2) is 0 Å². The molecule has 0 bridgehead atoms. The normalized spacial score (nSPS) is 14.4. The molecule has 0 radical (unpaired) electrons. The van der Waals surface area contributed by atoms with Gasteiger partial charge in [-0.1, -0.05) is 30.3 Å². The highest BCUT2D eigenvalue weighted by atomic mass is 16.4. The van der Waals surface area contributed by atoms with E-state index in [1.54, 1.807) is 0 Å². The van der Waals surface area contributed by atoms with Crippen molar-refractivity contribution in [3.63, 3.8) is 0 Å². The average molecular weight is 416 g/mol. The van der Waals surface area contributed by atoms with Gasteiger partial charge in [0, 0.05) is 12.5 Å². The largest absolute Gasteiger partial charge is 0.473 e. The number of likely N-dealkylation sites (tertiary alicyclic amines) is 1. The summed E-state index contributed by atoms with van der Waals surface area (Å²) >= 11 is 0. The van der Waals surface area contributed by atoms with Gasteiger partial charge in [-0.05, 0) is 57.0 Å². The molecule has 1 aromatic carbocycles. The van der Waals surface area contributed by atoms with E-state index in [1.165, 1.54) is 5.56 Å². The first kappa shape index (κ1) is 23.2. The summed E-state index contributed by atoms with van der Waals surface area (Å²) in [5.41, 5.74) is 1.27. The number of hydrogen-bond acceptors (Lipinski definition) is 5. The molecule has 1 fully saturated rings. The van der Waals surface area contributed by atoms with Gasteiger partial charge >= 0.3 is 11.9 Å². The standard InChI is InChI=1S/C20H26N2O2.C2H2O4/c1-16-7-8-19(24-16)15-22-13-10-18(11-14-22)20(23)21-12-9-17-5-3-2-4-6-17;3-1(4)2(5)6/h2-8,18H,9-15H2,1H3,(H,21,23);(H,3,4)(H,5,6). The first-order valence-corrected chi connectivity index (χ1v) is 9.90. The van der Waals surface area contributed by atoms with Crippen LogP contribution in [0.5, 0.6) is 0 Å². The molecule has 1 aliphatic rings. The van der Waals surface area contributed by atoms with Gasteiger partial charge in [0.25, 0.3) is 0 Å². The van der Waals surface area contributed by atoms with Gasteiger partial charge in [-0.25, -0.2) is 9.59 Å². The Labute approximate surface area is 175 Å². The Morgan fingerprint density at radius 2 is 1.67 bits per heavy atom. The van der Waals surface area contributed by atoms with Gasteiger partial charge in [-0.2, -0.15) is 0 Å². The number of carbonyl (C=O) groups is 3. The summed E-state index contributed by atoms with van der Waals surface area (Å²) in [7, 11) is 0. The lowest BCUT2D eigenvalue weighted by Gasteiger charge is -2.30. The number of nitrogens with one attached hydrogen (secondary N) is 1. The molecule has 2 aromatic rings. The zero-order valence-corrected chi connectivity index (χ0v) is 17.0. The van der Waals surface area contributed by atoms with Crippen LogP contribution in [0.2, 0.25) is 0 Å². The molecular weight excluding hydrogens is 388 g/mol. The zero-order valence-electron chi connectivity index (χ0n) is 17.0. The van der Waals surface area contributed by atoms with Crippen LogP contribution in [0, 0.1) is 12.8 Å². The van der Waals surface area contributed by atoms with Crippen LogP contribution in [0.1, 0.15) is 29.9 Å². The summed E-state index contributed by atoms with van der Waals surface area (Å²) in [5, 5.41) is 17.9. The smallest absolute Gasteiger partial charge is 0.414 e. The third-order valence-electron chi connectivity index (χ3n) is 4.87. The van der Waals surface area contributed by atoms with Crippen molar-refractivity contribution < 1.29 is 29.0 Å². The quantitative estimate of drug-likeness (QED) is 0.618. The molecule has 1 saturated heterocycles. The molecule has 3 rings (SSSR count). The Kier molecular flexibility index (Phi) is 9.08. The second kappa shape index (κ2) is 11.8. The third kappa shape index (κ3) is 8.08. The summed E-state index contributed by atoms with van der Waals surface area (Å²) in [4.78, 5) is 32.9. The highest BCUT2D eigenvalue weighted by Crippen LogP contribution is 2.20. The lowest BCUT2D eigenvalue weighted by Crippen LogP contribution is -2.40. The van der Waals surface area contributed by atoms with Gasteiger partial charge in [-0.15, -0.1) is 0 Å². The number of benzene rings is 1. The van der Waals surface area contributed by atoms with Gasteiger partial charge in [0.05, 0.1) is 6.54 Å². The highest BCUT2D eigenvalue weighted by Gasteiger charge is 2.25. The maximum atomic E-state index is 12.3. The number of hydrogen-bond donors (Lipinski definition) is 3. The number of nitrogens with zero attached hydrogens (tertiary/aromatic N) is 1. The van der Waals surface area contributed by atoms with Crippen LogP contribution in [0.3, 0.4) is 0 Å². The Morgan fingerprint density at radius 3 is 2.20 bits per heavy atom. The minimum absolute atomic E-state index is 0.148. The van der Waals surface area contributed by atoms with Crippen molar-refractivity contribution >= 4 is 17.8 Å². The maximum absolute atomic E-state index is 12.3. The van der Waals surface area contributed by atoms with Crippen LogP contribution in [0.4, 0.5) is 0 Å². The van der Waals surface area contributed by atoms with Gasteiger partial charge in [-0.3, -0.25) is 9.69 Å². The number of carboxylic acids is 2. The summed E-state index contributed by atoms with van der Waals surface area (Å²) < 4.78 is 5.63. The van der Waals surface area contributed by atoms with Crippen molar-refractivity contribution in [1.29, 1.82) is 0 Å². The minimum atomic E-state index is -1.82. The molecule has 0 atom stereocenters. The molecule has 8 heteroatoms. The number of amides is 1. The maximum Gasteiger partial charge on any atom is 0.414 e. The molecule has 1 aliphatic heterocycles. The molecule has 0 saturated carbocycles. The van der Waals surface area contributed by atoms with E-state index in [9.17, 15) is 4.79 Å². The molecule has 162 valence electrons. The summed E-state index contributed by atoms with van der Waals surface area (Å²) in [5.74, 6) is -1.32. The first-order valence-electron chi connectivity index (χ1n) is 9.90. The monoisotopic (exact) mass is 416 g/mol. The number of carbonyl (C=O) groups excluding carboxylic acids is 1. The molecule has 8 nitrogen and oxygen atoms in total. The lowest BCUT2D eigenvalue weighted by atomic mass is 9.95. The van der Waals surface area contributed by atoms with Gasteiger partial charge in [0.2, 0.25) is 5.91 Å². The first-order chi connectivity index (χ1) is 14.3. The van der Waals surface area contributed by atoms with Crippen LogP contribution >= 0.6 is 0 Å². The lowest BCUT2D eigenvalue weighted by molar-refractivity contribution is -0.159. The molecule has 2 heterocycles.